The predicted octanol–water partition coefficient (Wildman–Crippen LogP) is 3.21. The lowest BCUT2D eigenvalue weighted by Gasteiger charge is -2.17. The van der Waals surface area contributed by atoms with Crippen LogP contribution in [0.25, 0.3) is 0 Å². The minimum absolute atomic E-state index is 0.0912. The molecule has 2 aromatic heterocycles. The molecule has 0 fully saturated rings. The van der Waals surface area contributed by atoms with Crippen molar-refractivity contribution in [3.05, 3.63) is 65.1 Å². The molecule has 3 aromatic rings. The van der Waals surface area contributed by atoms with Crippen LogP contribution in [0.1, 0.15) is 29.9 Å². The molecule has 10 heteroatoms. The largest absolute Gasteiger partial charge is 0.345 e. The van der Waals surface area contributed by atoms with E-state index >= 15 is 0 Å². The van der Waals surface area contributed by atoms with Crippen molar-refractivity contribution in [3.8, 4) is 0 Å². The Morgan fingerprint density at radius 1 is 1.17 bits per heavy atom. The fourth-order valence-corrected chi connectivity index (χ4v) is 4.78. The van der Waals surface area contributed by atoms with Gasteiger partial charge in [-0.3, -0.25) is 4.79 Å². The van der Waals surface area contributed by atoms with Gasteiger partial charge in [-0.2, -0.15) is 9.40 Å². The minimum atomic E-state index is -3.65. The number of benzene rings is 1. The van der Waals surface area contributed by atoms with Crippen molar-refractivity contribution in [3.63, 3.8) is 0 Å². The van der Waals surface area contributed by atoms with Gasteiger partial charge in [0, 0.05) is 37.4 Å². The zero-order chi connectivity index (χ0) is 21.9. The van der Waals surface area contributed by atoms with Gasteiger partial charge in [0.05, 0.1) is 12.7 Å². The molecule has 1 amide bonds. The summed E-state index contributed by atoms with van der Waals surface area (Å²) in [7, 11) is -2.01. The van der Waals surface area contributed by atoms with Crippen LogP contribution in [0.15, 0.2) is 53.7 Å². The SMILES string of the molecule is CCN(CC)S(=O)(=O)c1cc(C(=O)Nc2ccnn2Cc2ccc(Cl)cc2)n(C)c1. The predicted molar refractivity (Wildman–Crippen MR) is 116 cm³/mol. The van der Waals surface area contributed by atoms with Gasteiger partial charge in [-0.05, 0) is 23.8 Å². The van der Waals surface area contributed by atoms with Crippen molar-refractivity contribution in [2.75, 3.05) is 18.4 Å². The summed E-state index contributed by atoms with van der Waals surface area (Å²) in [6, 6.07) is 10.4. The first-order valence-electron chi connectivity index (χ1n) is 9.50. The van der Waals surface area contributed by atoms with Crippen LogP contribution >= 0.6 is 11.6 Å². The third-order valence-corrected chi connectivity index (χ3v) is 7.03. The number of aryl methyl sites for hydroxylation is 1. The standard InChI is InChI=1S/C20H24ClN5O3S/c1-4-25(5-2)30(28,29)17-12-18(24(3)14-17)20(27)23-19-10-11-22-26(19)13-15-6-8-16(21)9-7-15/h6-12,14H,4-5,13H2,1-3H3,(H,23,27). The molecule has 0 aliphatic carbocycles. The molecule has 0 aliphatic heterocycles. The summed E-state index contributed by atoms with van der Waals surface area (Å²) < 4.78 is 30.0. The number of sulfonamides is 1. The van der Waals surface area contributed by atoms with Gasteiger partial charge >= 0.3 is 0 Å². The molecule has 0 saturated heterocycles. The summed E-state index contributed by atoms with van der Waals surface area (Å²) in [4.78, 5) is 12.9. The second kappa shape index (κ2) is 9.03. The van der Waals surface area contributed by atoms with E-state index in [1.807, 2.05) is 12.1 Å². The molecule has 0 radical (unpaired) electrons. The second-order valence-electron chi connectivity index (χ2n) is 6.72. The molecule has 0 saturated carbocycles. The highest BCUT2D eigenvalue weighted by Crippen LogP contribution is 2.20. The Bertz CT molecular complexity index is 1130. The van der Waals surface area contributed by atoms with E-state index in [1.54, 1.807) is 50.0 Å². The van der Waals surface area contributed by atoms with Crippen LogP contribution in [0.5, 0.6) is 0 Å². The lowest BCUT2D eigenvalue weighted by atomic mass is 10.2. The van der Waals surface area contributed by atoms with E-state index in [1.165, 1.54) is 21.1 Å². The minimum Gasteiger partial charge on any atom is -0.345 e. The van der Waals surface area contributed by atoms with Crippen molar-refractivity contribution >= 4 is 33.3 Å². The summed E-state index contributed by atoms with van der Waals surface area (Å²) in [5.41, 5.74) is 1.21. The zero-order valence-corrected chi connectivity index (χ0v) is 18.6. The normalized spacial score (nSPS) is 11.8. The van der Waals surface area contributed by atoms with Gasteiger partial charge in [-0.25, -0.2) is 13.1 Å². The van der Waals surface area contributed by atoms with E-state index < -0.39 is 15.9 Å². The maximum atomic E-state index is 12.8. The van der Waals surface area contributed by atoms with E-state index in [0.29, 0.717) is 30.5 Å². The summed E-state index contributed by atoms with van der Waals surface area (Å²) in [5, 5.41) is 7.71. The average Bonchev–Trinajstić information content (AvgIpc) is 3.31. The second-order valence-corrected chi connectivity index (χ2v) is 9.09. The summed E-state index contributed by atoms with van der Waals surface area (Å²) in [6.45, 7) is 4.73. The highest BCUT2D eigenvalue weighted by atomic mass is 35.5. The monoisotopic (exact) mass is 449 g/mol. The van der Waals surface area contributed by atoms with Crippen LogP contribution in [0, 0.1) is 0 Å². The summed E-state index contributed by atoms with van der Waals surface area (Å²) in [6.07, 6.45) is 3.04. The Balaban J connectivity index is 1.80. The highest BCUT2D eigenvalue weighted by Gasteiger charge is 2.25. The van der Waals surface area contributed by atoms with Crippen LogP contribution in [0.2, 0.25) is 5.02 Å². The quantitative estimate of drug-likeness (QED) is 0.571. The number of hydrogen-bond donors (Lipinski definition) is 1. The van der Waals surface area contributed by atoms with Crippen LogP contribution < -0.4 is 5.32 Å². The Morgan fingerprint density at radius 3 is 2.47 bits per heavy atom. The van der Waals surface area contributed by atoms with E-state index in [0.717, 1.165) is 5.56 Å². The first kappa shape index (κ1) is 22.1. The van der Waals surface area contributed by atoms with Gasteiger partial charge in [0.2, 0.25) is 10.0 Å². The van der Waals surface area contributed by atoms with Crippen molar-refractivity contribution in [1.82, 2.24) is 18.7 Å². The number of carbonyl (C=O) groups is 1. The average molecular weight is 450 g/mol. The Morgan fingerprint density at radius 2 is 1.83 bits per heavy atom. The van der Waals surface area contributed by atoms with Crippen molar-refractivity contribution < 1.29 is 13.2 Å². The topological polar surface area (TPSA) is 89.2 Å². The van der Waals surface area contributed by atoms with Gasteiger partial charge in [0.25, 0.3) is 5.91 Å². The molecule has 0 bridgehead atoms. The molecule has 0 unspecified atom stereocenters. The fourth-order valence-electron chi connectivity index (χ4n) is 3.12. The molecule has 1 N–H and O–H groups in total. The summed E-state index contributed by atoms with van der Waals surface area (Å²) >= 11 is 5.92. The molecule has 8 nitrogen and oxygen atoms in total. The van der Waals surface area contributed by atoms with Crippen molar-refractivity contribution in [2.24, 2.45) is 7.05 Å². The molecule has 160 valence electrons. The van der Waals surface area contributed by atoms with Gasteiger partial charge in [0.15, 0.2) is 0 Å². The molecule has 1 aromatic carbocycles. The number of rotatable bonds is 8. The molecular formula is C20H24ClN5O3S. The molecule has 2 heterocycles. The molecule has 30 heavy (non-hydrogen) atoms. The van der Waals surface area contributed by atoms with Crippen LogP contribution in [-0.4, -0.2) is 46.1 Å². The van der Waals surface area contributed by atoms with Crippen LogP contribution in [0.4, 0.5) is 5.82 Å². The smallest absolute Gasteiger partial charge is 0.273 e. The van der Waals surface area contributed by atoms with E-state index in [2.05, 4.69) is 10.4 Å². The number of aromatic nitrogens is 3. The maximum absolute atomic E-state index is 12.8. The molecule has 3 rings (SSSR count). The fraction of sp³-hybridized carbons (Fsp3) is 0.300. The lowest BCUT2D eigenvalue weighted by molar-refractivity contribution is 0.101. The Hall–Kier alpha value is -2.62. The van der Waals surface area contributed by atoms with Gasteiger partial charge in [0.1, 0.15) is 16.4 Å². The number of nitrogens with zero attached hydrogens (tertiary/aromatic N) is 4. The van der Waals surface area contributed by atoms with E-state index in [9.17, 15) is 13.2 Å². The van der Waals surface area contributed by atoms with Crippen LogP contribution in [-0.2, 0) is 23.6 Å². The molecule has 0 aliphatic rings. The van der Waals surface area contributed by atoms with Gasteiger partial charge < -0.3 is 9.88 Å². The van der Waals surface area contributed by atoms with Crippen LogP contribution in [0.3, 0.4) is 0 Å². The Labute approximate surface area is 181 Å². The number of anilines is 1. The lowest BCUT2D eigenvalue weighted by Crippen LogP contribution is -2.30. The number of nitrogens with one attached hydrogen (secondary N) is 1. The number of halogens is 1. The third-order valence-electron chi connectivity index (χ3n) is 4.76. The first-order valence-corrected chi connectivity index (χ1v) is 11.3. The number of amides is 1. The number of carbonyl (C=O) groups excluding carboxylic acids is 1. The van der Waals surface area contributed by atoms with E-state index in [-0.39, 0.29) is 10.6 Å². The first-order chi connectivity index (χ1) is 14.3. The third kappa shape index (κ3) is 4.58. The van der Waals surface area contributed by atoms with E-state index in [4.69, 9.17) is 11.6 Å². The van der Waals surface area contributed by atoms with Crippen molar-refractivity contribution in [1.29, 1.82) is 0 Å². The highest BCUT2D eigenvalue weighted by molar-refractivity contribution is 7.89. The Kier molecular flexibility index (Phi) is 6.64. The maximum Gasteiger partial charge on any atom is 0.273 e. The molecule has 0 atom stereocenters. The number of hydrogen-bond acceptors (Lipinski definition) is 4. The molecular weight excluding hydrogens is 426 g/mol. The molecule has 0 spiro atoms. The zero-order valence-electron chi connectivity index (χ0n) is 17.0. The van der Waals surface area contributed by atoms with Crippen molar-refractivity contribution in [2.45, 2.75) is 25.3 Å². The summed E-state index contributed by atoms with van der Waals surface area (Å²) in [5.74, 6) is 0.0839. The van der Waals surface area contributed by atoms with Gasteiger partial charge in [-0.15, -0.1) is 0 Å². The van der Waals surface area contributed by atoms with Gasteiger partial charge in [-0.1, -0.05) is 37.6 Å².